The second kappa shape index (κ2) is 10.5. The minimum absolute atomic E-state index is 0.116. The van der Waals surface area contributed by atoms with E-state index in [4.69, 9.17) is 0 Å². The van der Waals surface area contributed by atoms with E-state index in [1.807, 2.05) is 12.1 Å². The molecule has 3 aliphatic rings. The van der Waals surface area contributed by atoms with Crippen LogP contribution in [0.3, 0.4) is 0 Å². The zero-order chi connectivity index (χ0) is 26.1. The van der Waals surface area contributed by atoms with Crippen LogP contribution in [0.2, 0.25) is 0 Å². The molecule has 7 nitrogen and oxygen atoms in total. The summed E-state index contributed by atoms with van der Waals surface area (Å²) < 4.78 is 0. The summed E-state index contributed by atoms with van der Waals surface area (Å²) in [5, 5.41) is 2.39. The fourth-order valence-electron chi connectivity index (χ4n) is 6.10. The zero-order valence-corrected chi connectivity index (χ0v) is 21.4. The maximum absolute atomic E-state index is 13.2. The number of carbonyl (C=O) groups is 3. The molecule has 0 bridgehead atoms. The Balaban J connectivity index is 1.15. The Morgan fingerprint density at radius 1 is 0.789 bits per heavy atom. The first kappa shape index (κ1) is 24.5. The van der Waals surface area contributed by atoms with E-state index in [1.165, 1.54) is 11.1 Å². The van der Waals surface area contributed by atoms with Crippen molar-refractivity contribution in [3.05, 3.63) is 107 Å². The molecule has 7 heteroatoms. The molecular weight excluding hydrogens is 476 g/mol. The maximum atomic E-state index is 13.2. The molecule has 0 spiro atoms. The number of piperidine rings is 1. The summed E-state index contributed by atoms with van der Waals surface area (Å²) in [4.78, 5) is 43.9. The van der Waals surface area contributed by atoms with E-state index in [9.17, 15) is 14.4 Å². The summed E-state index contributed by atoms with van der Waals surface area (Å²) in [6, 6.07) is 26.9. The molecule has 0 aromatic heterocycles. The number of carbonyl (C=O) groups excluding carboxylic acids is 3. The molecule has 1 atom stereocenters. The minimum Gasteiger partial charge on any atom is -0.322 e. The highest BCUT2D eigenvalue weighted by Crippen LogP contribution is 2.32. The number of rotatable bonds is 6. The lowest BCUT2D eigenvalue weighted by molar-refractivity contribution is -0.136. The van der Waals surface area contributed by atoms with Gasteiger partial charge in [-0.15, -0.1) is 0 Å². The molecule has 3 aliphatic heterocycles. The van der Waals surface area contributed by atoms with Crippen molar-refractivity contribution in [3.8, 4) is 0 Å². The molecule has 3 heterocycles. The SMILES string of the molecule is O=C1CCC(N2Cc3c(CN4CCN(C(c5ccccc5)c5ccccc5)CC4)cccc3C2=O)C(=O)N1. The average molecular weight is 509 g/mol. The Bertz CT molecular complexity index is 1300. The Morgan fingerprint density at radius 3 is 2.08 bits per heavy atom. The lowest BCUT2D eigenvalue weighted by atomic mass is 9.96. The third kappa shape index (κ3) is 4.75. The van der Waals surface area contributed by atoms with E-state index in [1.54, 1.807) is 4.90 Å². The van der Waals surface area contributed by atoms with Crippen LogP contribution in [0.5, 0.6) is 0 Å². The van der Waals surface area contributed by atoms with Crippen LogP contribution in [0.25, 0.3) is 0 Å². The van der Waals surface area contributed by atoms with Crippen molar-refractivity contribution in [1.82, 2.24) is 20.0 Å². The number of hydrogen-bond acceptors (Lipinski definition) is 5. The summed E-state index contributed by atoms with van der Waals surface area (Å²) in [7, 11) is 0. The second-order valence-electron chi connectivity index (χ2n) is 10.4. The van der Waals surface area contributed by atoms with Gasteiger partial charge in [-0.05, 0) is 34.7 Å². The van der Waals surface area contributed by atoms with E-state index >= 15 is 0 Å². The number of amides is 3. The van der Waals surface area contributed by atoms with Crippen LogP contribution in [0.1, 0.15) is 51.5 Å². The van der Waals surface area contributed by atoms with Gasteiger partial charge in [0.2, 0.25) is 11.8 Å². The largest absolute Gasteiger partial charge is 0.322 e. The van der Waals surface area contributed by atoms with E-state index in [0.29, 0.717) is 18.5 Å². The normalized spacial score (nSPS) is 20.6. The summed E-state index contributed by atoms with van der Waals surface area (Å²) in [5.74, 6) is -0.752. The van der Waals surface area contributed by atoms with Gasteiger partial charge in [-0.25, -0.2) is 0 Å². The first-order chi connectivity index (χ1) is 18.6. The molecule has 1 N–H and O–H groups in total. The lowest BCUT2D eigenvalue weighted by Crippen LogP contribution is -2.52. The first-order valence-electron chi connectivity index (χ1n) is 13.4. The molecule has 194 valence electrons. The molecule has 0 radical (unpaired) electrons. The average Bonchev–Trinajstić information content (AvgIpc) is 3.28. The maximum Gasteiger partial charge on any atom is 0.255 e. The number of piperazine rings is 1. The zero-order valence-electron chi connectivity index (χ0n) is 21.4. The Hall–Kier alpha value is -3.81. The lowest BCUT2D eigenvalue weighted by Gasteiger charge is -2.40. The van der Waals surface area contributed by atoms with Crippen LogP contribution < -0.4 is 5.32 Å². The quantitative estimate of drug-likeness (QED) is 0.517. The van der Waals surface area contributed by atoms with Gasteiger partial charge in [-0.3, -0.25) is 29.5 Å². The number of imide groups is 1. The van der Waals surface area contributed by atoms with E-state index in [-0.39, 0.29) is 30.2 Å². The molecule has 2 saturated heterocycles. The third-order valence-corrected chi connectivity index (χ3v) is 8.08. The van der Waals surface area contributed by atoms with Gasteiger partial charge in [0, 0.05) is 51.3 Å². The van der Waals surface area contributed by atoms with Gasteiger partial charge in [0.15, 0.2) is 0 Å². The van der Waals surface area contributed by atoms with Gasteiger partial charge in [-0.2, -0.15) is 0 Å². The molecular formula is C31H32N4O3. The predicted molar refractivity (Wildman–Crippen MR) is 144 cm³/mol. The molecule has 2 fully saturated rings. The first-order valence-corrected chi connectivity index (χ1v) is 13.4. The minimum atomic E-state index is -0.586. The number of hydrogen-bond donors (Lipinski definition) is 1. The number of nitrogens with one attached hydrogen (secondary N) is 1. The molecule has 3 aromatic rings. The standard InChI is InChI=1S/C31H32N4O3/c36-28-15-14-27(30(37)32-28)35-21-26-24(12-7-13-25(26)31(35)38)20-33-16-18-34(19-17-33)29(22-8-3-1-4-9-22)23-10-5-2-6-11-23/h1-13,27,29H,14-21H2,(H,32,36,37). The summed E-state index contributed by atoms with van der Waals surface area (Å²) in [5.41, 5.74) is 5.44. The van der Waals surface area contributed by atoms with Crippen LogP contribution in [-0.4, -0.2) is 64.6 Å². The Labute approximate surface area is 223 Å². The van der Waals surface area contributed by atoms with Crippen molar-refractivity contribution in [2.75, 3.05) is 26.2 Å². The fraction of sp³-hybridized carbons (Fsp3) is 0.323. The van der Waals surface area contributed by atoms with Gasteiger partial charge in [0.1, 0.15) is 6.04 Å². The molecule has 0 saturated carbocycles. The molecule has 38 heavy (non-hydrogen) atoms. The van der Waals surface area contributed by atoms with Gasteiger partial charge in [-0.1, -0.05) is 72.8 Å². The number of nitrogens with zero attached hydrogens (tertiary/aromatic N) is 3. The van der Waals surface area contributed by atoms with Gasteiger partial charge >= 0.3 is 0 Å². The van der Waals surface area contributed by atoms with Gasteiger partial charge in [0.25, 0.3) is 5.91 Å². The van der Waals surface area contributed by atoms with Crippen LogP contribution in [0.4, 0.5) is 0 Å². The van der Waals surface area contributed by atoms with E-state index < -0.39 is 6.04 Å². The topological polar surface area (TPSA) is 73.0 Å². The third-order valence-electron chi connectivity index (χ3n) is 8.08. The summed E-state index contributed by atoms with van der Waals surface area (Å²) >= 11 is 0. The van der Waals surface area contributed by atoms with Crippen LogP contribution in [-0.2, 0) is 22.7 Å². The van der Waals surface area contributed by atoms with Gasteiger partial charge in [0.05, 0.1) is 6.04 Å². The van der Waals surface area contributed by atoms with Crippen molar-refractivity contribution < 1.29 is 14.4 Å². The monoisotopic (exact) mass is 508 g/mol. The fourth-order valence-corrected chi connectivity index (χ4v) is 6.10. The van der Waals surface area contributed by atoms with Crippen molar-refractivity contribution >= 4 is 17.7 Å². The van der Waals surface area contributed by atoms with Crippen molar-refractivity contribution in [3.63, 3.8) is 0 Å². The smallest absolute Gasteiger partial charge is 0.255 e. The van der Waals surface area contributed by atoms with Crippen molar-refractivity contribution in [2.45, 2.75) is 38.0 Å². The van der Waals surface area contributed by atoms with Gasteiger partial charge < -0.3 is 4.90 Å². The highest BCUT2D eigenvalue weighted by Gasteiger charge is 2.40. The number of benzene rings is 3. The van der Waals surface area contributed by atoms with Crippen molar-refractivity contribution in [1.29, 1.82) is 0 Å². The Morgan fingerprint density at radius 2 is 1.45 bits per heavy atom. The van der Waals surface area contributed by atoms with Crippen LogP contribution in [0.15, 0.2) is 78.9 Å². The highest BCUT2D eigenvalue weighted by molar-refractivity contribution is 6.05. The van der Waals surface area contributed by atoms with Crippen LogP contribution in [0, 0.1) is 0 Å². The van der Waals surface area contributed by atoms with Crippen molar-refractivity contribution in [2.24, 2.45) is 0 Å². The summed E-state index contributed by atoms with van der Waals surface area (Å²) in [6.45, 7) is 4.96. The molecule has 0 aliphatic carbocycles. The van der Waals surface area contributed by atoms with E-state index in [2.05, 4.69) is 81.8 Å². The molecule has 3 amide bonds. The Kier molecular flexibility index (Phi) is 6.79. The highest BCUT2D eigenvalue weighted by atomic mass is 16.2. The van der Waals surface area contributed by atoms with Crippen LogP contribution >= 0.6 is 0 Å². The second-order valence-corrected chi connectivity index (χ2v) is 10.4. The summed E-state index contributed by atoms with van der Waals surface area (Å²) in [6.07, 6.45) is 0.645. The predicted octanol–water partition coefficient (Wildman–Crippen LogP) is 3.35. The molecule has 3 aromatic carbocycles. The molecule has 6 rings (SSSR count). The number of fused-ring (bicyclic) bond motifs is 1. The van der Waals surface area contributed by atoms with E-state index in [0.717, 1.165) is 43.9 Å². The molecule has 1 unspecified atom stereocenters.